The largest absolute Gasteiger partial charge is 0.461 e. The van der Waals surface area contributed by atoms with Crippen molar-refractivity contribution in [2.24, 2.45) is 0 Å². The molecule has 7 nitrogen and oxygen atoms in total. The van der Waals surface area contributed by atoms with E-state index in [1.165, 1.54) is 23.1 Å². The molecule has 7 heteroatoms. The molecule has 0 saturated carbocycles. The van der Waals surface area contributed by atoms with Crippen LogP contribution < -0.4 is 4.90 Å². The third-order valence-electron chi connectivity index (χ3n) is 4.57. The van der Waals surface area contributed by atoms with E-state index < -0.39 is 11.9 Å². The first-order valence-electron chi connectivity index (χ1n) is 9.14. The number of imide groups is 1. The lowest BCUT2D eigenvalue weighted by Gasteiger charge is -2.23. The fourth-order valence-corrected chi connectivity index (χ4v) is 3.12. The highest BCUT2D eigenvalue weighted by Gasteiger charge is 2.35. The summed E-state index contributed by atoms with van der Waals surface area (Å²) in [5.74, 6) is -1.72. The highest BCUT2D eigenvalue weighted by molar-refractivity contribution is 6.22. The van der Waals surface area contributed by atoms with Crippen LogP contribution in [0, 0.1) is 0 Å². The normalized spacial score (nSPS) is 12.5. The van der Waals surface area contributed by atoms with Crippen molar-refractivity contribution in [2.75, 3.05) is 24.6 Å². The molecule has 29 heavy (non-hydrogen) atoms. The molecule has 1 aliphatic rings. The van der Waals surface area contributed by atoms with Gasteiger partial charge in [0.15, 0.2) is 0 Å². The van der Waals surface area contributed by atoms with Gasteiger partial charge in [-0.15, -0.1) is 0 Å². The van der Waals surface area contributed by atoms with Gasteiger partial charge in [-0.3, -0.25) is 19.3 Å². The first-order chi connectivity index (χ1) is 14.0. The molecule has 0 spiro atoms. The highest BCUT2D eigenvalue weighted by Crippen LogP contribution is 2.25. The summed E-state index contributed by atoms with van der Waals surface area (Å²) in [6.45, 7) is 5.42. The number of ether oxygens (including phenoxy) is 1. The first-order valence-corrected chi connectivity index (χ1v) is 9.14. The van der Waals surface area contributed by atoms with E-state index in [0.29, 0.717) is 11.3 Å². The molecule has 0 bridgehead atoms. The molecule has 0 fully saturated rings. The molecule has 0 aliphatic carbocycles. The van der Waals surface area contributed by atoms with Crippen molar-refractivity contribution in [3.63, 3.8) is 0 Å². The first kappa shape index (κ1) is 20.0. The van der Waals surface area contributed by atoms with Crippen molar-refractivity contribution < 1.29 is 23.9 Å². The van der Waals surface area contributed by atoms with Crippen molar-refractivity contribution in [3.05, 3.63) is 77.9 Å². The molecule has 0 N–H and O–H groups in total. The van der Waals surface area contributed by atoms with Crippen LogP contribution in [0.2, 0.25) is 0 Å². The molecule has 1 aliphatic heterocycles. The Morgan fingerprint density at radius 2 is 1.76 bits per heavy atom. The molecule has 0 saturated heterocycles. The Hall–Kier alpha value is -3.74. The van der Waals surface area contributed by atoms with Crippen molar-refractivity contribution in [2.45, 2.75) is 6.92 Å². The summed E-state index contributed by atoms with van der Waals surface area (Å²) in [5.41, 5.74) is 1.39. The molecule has 0 aromatic heterocycles. The second-order valence-corrected chi connectivity index (χ2v) is 6.28. The number of benzene rings is 2. The molecule has 3 amide bonds. The van der Waals surface area contributed by atoms with Crippen molar-refractivity contribution in [1.82, 2.24) is 4.90 Å². The summed E-state index contributed by atoms with van der Waals surface area (Å²) in [4.78, 5) is 51.8. The molecule has 0 unspecified atom stereocenters. The van der Waals surface area contributed by atoms with Crippen LogP contribution in [0.25, 0.3) is 0 Å². The Bertz CT molecular complexity index is 984. The minimum atomic E-state index is -0.577. The van der Waals surface area contributed by atoms with E-state index in [0.717, 1.165) is 11.0 Å². The summed E-state index contributed by atoms with van der Waals surface area (Å²) in [6, 6.07) is 13.4. The van der Waals surface area contributed by atoms with Crippen LogP contribution in [0.1, 0.15) is 38.0 Å². The molecule has 0 atom stereocenters. The van der Waals surface area contributed by atoms with E-state index in [1.807, 2.05) is 6.07 Å². The predicted molar refractivity (Wildman–Crippen MR) is 107 cm³/mol. The lowest BCUT2D eigenvalue weighted by Crippen LogP contribution is -2.34. The number of esters is 1. The Labute approximate surface area is 168 Å². The second kappa shape index (κ2) is 8.52. The smallest absolute Gasteiger partial charge is 0.330 e. The quantitative estimate of drug-likeness (QED) is 0.411. The van der Waals surface area contributed by atoms with E-state index in [1.54, 1.807) is 31.2 Å². The number of hydrogen-bond donors (Lipinski definition) is 0. The van der Waals surface area contributed by atoms with Crippen LogP contribution in [0.3, 0.4) is 0 Å². The third-order valence-corrected chi connectivity index (χ3v) is 4.57. The molecule has 148 valence electrons. The van der Waals surface area contributed by atoms with Gasteiger partial charge in [0.05, 0.1) is 17.7 Å². The molecule has 3 rings (SSSR count). The molecule has 2 aromatic rings. The average Bonchev–Trinajstić information content (AvgIpc) is 3.00. The number of carbonyl (C=O) groups is 4. The Balaban J connectivity index is 1.89. The zero-order valence-corrected chi connectivity index (χ0v) is 16.0. The fraction of sp³-hybridized carbons (Fsp3) is 0.182. The van der Waals surface area contributed by atoms with E-state index in [-0.39, 0.29) is 42.6 Å². The fourth-order valence-electron chi connectivity index (χ4n) is 3.12. The zero-order valence-electron chi connectivity index (χ0n) is 16.0. The summed E-state index contributed by atoms with van der Waals surface area (Å²) in [5, 5.41) is 0. The van der Waals surface area contributed by atoms with Gasteiger partial charge in [-0.1, -0.05) is 24.8 Å². The van der Waals surface area contributed by atoms with Crippen molar-refractivity contribution >= 4 is 29.4 Å². The van der Waals surface area contributed by atoms with Gasteiger partial charge >= 0.3 is 5.97 Å². The Kier molecular flexibility index (Phi) is 5.87. The molecule has 2 aromatic carbocycles. The molecule has 0 radical (unpaired) electrons. The zero-order chi connectivity index (χ0) is 21.0. The van der Waals surface area contributed by atoms with E-state index in [9.17, 15) is 19.2 Å². The highest BCUT2D eigenvalue weighted by atomic mass is 16.5. The lowest BCUT2D eigenvalue weighted by atomic mass is 10.0. The minimum Gasteiger partial charge on any atom is -0.461 e. The Morgan fingerprint density at radius 1 is 1.07 bits per heavy atom. The standard InChI is InChI=1S/C22H20N2O5/c1-3-19(25)29-13-12-24(16-8-6-5-7-9-16)20(26)15-10-11-17-18(14-15)22(28)23(4-2)21(17)27/h3,5-11,14H,1,4,12-13H2,2H3. The van der Waals surface area contributed by atoms with Gasteiger partial charge in [-0.05, 0) is 37.3 Å². The van der Waals surface area contributed by atoms with Gasteiger partial charge in [0, 0.05) is 23.9 Å². The molecular weight excluding hydrogens is 372 g/mol. The van der Waals surface area contributed by atoms with Gasteiger partial charge in [-0.2, -0.15) is 0 Å². The lowest BCUT2D eigenvalue weighted by molar-refractivity contribution is -0.137. The SMILES string of the molecule is C=CC(=O)OCCN(C(=O)c1ccc2c(c1)C(=O)N(CC)C2=O)c1ccccc1. The minimum absolute atomic E-state index is 0.0164. The summed E-state index contributed by atoms with van der Waals surface area (Å²) >= 11 is 0. The van der Waals surface area contributed by atoms with Gasteiger partial charge in [0.2, 0.25) is 0 Å². The van der Waals surface area contributed by atoms with Crippen LogP contribution in [0.5, 0.6) is 0 Å². The van der Waals surface area contributed by atoms with E-state index >= 15 is 0 Å². The van der Waals surface area contributed by atoms with Gasteiger partial charge in [0.25, 0.3) is 17.7 Å². The maximum absolute atomic E-state index is 13.2. The van der Waals surface area contributed by atoms with E-state index in [2.05, 4.69) is 6.58 Å². The van der Waals surface area contributed by atoms with Crippen LogP contribution >= 0.6 is 0 Å². The molecular formula is C22H20N2O5. The average molecular weight is 392 g/mol. The number of rotatable bonds is 7. The summed E-state index contributed by atoms with van der Waals surface area (Å²) in [7, 11) is 0. The van der Waals surface area contributed by atoms with Crippen molar-refractivity contribution in [1.29, 1.82) is 0 Å². The van der Waals surface area contributed by atoms with Crippen LogP contribution in [-0.4, -0.2) is 48.3 Å². The van der Waals surface area contributed by atoms with Gasteiger partial charge < -0.3 is 9.64 Å². The van der Waals surface area contributed by atoms with E-state index in [4.69, 9.17) is 4.74 Å². The number of para-hydroxylation sites is 1. The van der Waals surface area contributed by atoms with Crippen LogP contribution in [0.15, 0.2) is 61.2 Å². The summed E-state index contributed by atoms with van der Waals surface area (Å²) in [6.07, 6.45) is 1.05. The maximum Gasteiger partial charge on any atom is 0.330 e. The van der Waals surface area contributed by atoms with Crippen molar-refractivity contribution in [3.8, 4) is 0 Å². The maximum atomic E-state index is 13.2. The third kappa shape index (κ3) is 3.94. The van der Waals surface area contributed by atoms with Crippen LogP contribution in [-0.2, 0) is 9.53 Å². The number of amides is 3. The predicted octanol–water partition coefficient (Wildman–Crippen LogP) is 2.68. The van der Waals surface area contributed by atoms with Crippen LogP contribution in [0.4, 0.5) is 5.69 Å². The number of hydrogen-bond acceptors (Lipinski definition) is 5. The number of anilines is 1. The molecule has 1 heterocycles. The monoisotopic (exact) mass is 392 g/mol. The van der Waals surface area contributed by atoms with Gasteiger partial charge in [-0.25, -0.2) is 4.79 Å². The second-order valence-electron chi connectivity index (χ2n) is 6.28. The Morgan fingerprint density at radius 3 is 2.41 bits per heavy atom. The summed E-state index contributed by atoms with van der Waals surface area (Å²) < 4.78 is 5.01. The topological polar surface area (TPSA) is 84.0 Å². The number of nitrogens with zero attached hydrogens (tertiary/aromatic N) is 2. The number of fused-ring (bicyclic) bond motifs is 1. The number of carbonyl (C=O) groups excluding carboxylic acids is 4. The van der Waals surface area contributed by atoms with Gasteiger partial charge in [0.1, 0.15) is 6.61 Å².